The van der Waals surface area contributed by atoms with Gasteiger partial charge in [0.25, 0.3) is 5.56 Å². The van der Waals surface area contributed by atoms with E-state index in [1.807, 2.05) is 47.9 Å². The van der Waals surface area contributed by atoms with Crippen LogP contribution in [0.4, 0.5) is 0 Å². The fraction of sp³-hybridized carbons (Fsp3) is 0.273. The first kappa shape index (κ1) is 17.8. The molecule has 0 spiro atoms. The molecule has 1 aliphatic rings. The predicted molar refractivity (Wildman–Crippen MR) is 113 cm³/mol. The number of aryl methyl sites for hydroxylation is 1. The highest BCUT2D eigenvalue weighted by Crippen LogP contribution is 2.22. The number of para-hydroxylation sites is 1. The zero-order chi connectivity index (χ0) is 19.8. The third-order valence-corrected chi connectivity index (χ3v) is 5.52. The van der Waals surface area contributed by atoms with Crippen LogP contribution in [0.25, 0.3) is 22.3 Å². The number of nitrogens with zero attached hydrogens (tertiary/aromatic N) is 6. The predicted octanol–water partition coefficient (Wildman–Crippen LogP) is 2.75. The summed E-state index contributed by atoms with van der Waals surface area (Å²) in [5.74, 6) is 1.46. The van der Waals surface area contributed by atoms with E-state index in [0.717, 1.165) is 36.4 Å². The fourth-order valence-corrected chi connectivity index (χ4v) is 4.10. The molecule has 0 saturated heterocycles. The minimum Gasteiger partial charge on any atom is -0.291 e. The van der Waals surface area contributed by atoms with Gasteiger partial charge >= 0.3 is 0 Å². The van der Waals surface area contributed by atoms with E-state index in [9.17, 15) is 4.79 Å². The van der Waals surface area contributed by atoms with Crippen LogP contribution < -0.4 is 5.56 Å². The first-order valence-electron chi connectivity index (χ1n) is 9.93. The van der Waals surface area contributed by atoms with Gasteiger partial charge in [0.1, 0.15) is 0 Å². The fourth-order valence-electron chi connectivity index (χ4n) is 4.10. The molecule has 3 aromatic heterocycles. The zero-order valence-corrected chi connectivity index (χ0v) is 16.3. The minimum atomic E-state index is -0.0191. The van der Waals surface area contributed by atoms with Crippen LogP contribution in [0.5, 0.6) is 0 Å². The first-order chi connectivity index (χ1) is 14.3. The van der Waals surface area contributed by atoms with E-state index in [0.29, 0.717) is 24.3 Å². The van der Waals surface area contributed by atoms with E-state index in [1.165, 1.54) is 5.57 Å². The molecule has 0 fully saturated rings. The largest absolute Gasteiger partial charge is 0.291 e. The molecule has 0 saturated carbocycles. The lowest BCUT2D eigenvalue weighted by molar-refractivity contribution is 0.288. The second-order valence-electron chi connectivity index (χ2n) is 7.29. The quantitative estimate of drug-likeness (QED) is 0.539. The van der Waals surface area contributed by atoms with E-state index in [2.05, 4.69) is 32.2 Å². The number of pyridine rings is 1. The Kier molecular flexibility index (Phi) is 4.44. The van der Waals surface area contributed by atoms with Crippen molar-refractivity contribution in [3.05, 3.63) is 76.6 Å². The number of rotatable bonds is 4. The molecule has 7 heteroatoms. The molecule has 4 heterocycles. The van der Waals surface area contributed by atoms with E-state index in [4.69, 9.17) is 0 Å². The van der Waals surface area contributed by atoms with Gasteiger partial charge in [0.05, 0.1) is 17.4 Å². The molecule has 146 valence electrons. The summed E-state index contributed by atoms with van der Waals surface area (Å²) >= 11 is 0. The smallest absolute Gasteiger partial charge is 0.262 e. The van der Waals surface area contributed by atoms with Gasteiger partial charge in [0, 0.05) is 32.0 Å². The molecular formula is C22H22N6O. The Balaban J connectivity index is 1.54. The van der Waals surface area contributed by atoms with Gasteiger partial charge in [0.2, 0.25) is 5.78 Å². The normalized spacial score (nSPS) is 15.1. The van der Waals surface area contributed by atoms with Crippen LogP contribution in [-0.2, 0) is 13.1 Å². The summed E-state index contributed by atoms with van der Waals surface area (Å²) in [4.78, 5) is 19.4. The highest BCUT2D eigenvalue weighted by atomic mass is 16.1. The van der Waals surface area contributed by atoms with Gasteiger partial charge in [-0.15, -0.1) is 10.2 Å². The Labute approximate surface area is 167 Å². The van der Waals surface area contributed by atoms with Gasteiger partial charge in [0.15, 0.2) is 5.82 Å². The molecule has 0 aliphatic carbocycles. The highest BCUT2D eigenvalue weighted by molar-refractivity contribution is 5.80. The Morgan fingerprint density at radius 1 is 1.10 bits per heavy atom. The van der Waals surface area contributed by atoms with E-state index in [-0.39, 0.29) is 5.56 Å². The molecule has 29 heavy (non-hydrogen) atoms. The van der Waals surface area contributed by atoms with Crippen LogP contribution in [0.15, 0.2) is 59.7 Å². The molecule has 1 aromatic carbocycles. The SMILES string of the molecule is CCn1c(=O)c2ccccc2n2c(CN3CCC=C(c4cccnc4)C3)nnc12. The molecule has 4 aromatic rings. The monoisotopic (exact) mass is 386 g/mol. The Hall–Kier alpha value is -3.32. The Morgan fingerprint density at radius 2 is 2.00 bits per heavy atom. The summed E-state index contributed by atoms with van der Waals surface area (Å²) in [7, 11) is 0. The van der Waals surface area contributed by atoms with Crippen molar-refractivity contribution in [1.82, 2.24) is 29.0 Å². The van der Waals surface area contributed by atoms with Gasteiger partial charge in [-0.3, -0.25) is 23.6 Å². The van der Waals surface area contributed by atoms with Crippen LogP contribution in [0, 0.1) is 0 Å². The van der Waals surface area contributed by atoms with Gasteiger partial charge in [-0.25, -0.2) is 0 Å². The third-order valence-electron chi connectivity index (χ3n) is 5.52. The molecule has 1 aliphatic heterocycles. The number of aromatic nitrogens is 5. The zero-order valence-electron chi connectivity index (χ0n) is 16.3. The second kappa shape index (κ2) is 7.25. The molecule has 0 radical (unpaired) electrons. The first-order valence-corrected chi connectivity index (χ1v) is 9.93. The number of fused-ring (bicyclic) bond motifs is 3. The summed E-state index contributed by atoms with van der Waals surface area (Å²) in [6, 6.07) is 11.8. The van der Waals surface area contributed by atoms with Crippen molar-refractivity contribution < 1.29 is 0 Å². The lowest BCUT2D eigenvalue weighted by Gasteiger charge is -2.26. The van der Waals surface area contributed by atoms with Crippen molar-refractivity contribution >= 4 is 22.3 Å². The molecule has 5 rings (SSSR count). The average Bonchev–Trinajstić information content (AvgIpc) is 3.18. The molecule has 0 bridgehead atoms. The number of hydrogen-bond donors (Lipinski definition) is 0. The van der Waals surface area contributed by atoms with Gasteiger partial charge < -0.3 is 0 Å². The van der Waals surface area contributed by atoms with Crippen molar-refractivity contribution in [2.75, 3.05) is 13.1 Å². The van der Waals surface area contributed by atoms with Crippen LogP contribution >= 0.6 is 0 Å². The maximum absolute atomic E-state index is 12.8. The lowest BCUT2D eigenvalue weighted by Crippen LogP contribution is -2.30. The minimum absolute atomic E-state index is 0.0191. The molecule has 0 N–H and O–H groups in total. The van der Waals surface area contributed by atoms with Crippen LogP contribution in [0.3, 0.4) is 0 Å². The molecular weight excluding hydrogens is 364 g/mol. The second-order valence-corrected chi connectivity index (χ2v) is 7.29. The summed E-state index contributed by atoms with van der Waals surface area (Å²) in [5, 5.41) is 9.53. The number of benzene rings is 1. The Bertz CT molecular complexity index is 1270. The summed E-state index contributed by atoms with van der Waals surface area (Å²) in [6.45, 7) is 4.99. The van der Waals surface area contributed by atoms with Crippen molar-refractivity contribution in [2.45, 2.75) is 26.4 Å². The Morgan fingerprint density at radius 3 is 2.83 bits per heavy atom. The van der Waals surface area contributed by atoms with Crippen molar-refractivity contribution in [1.29, 1.82) is 0 Å². The molecule has 7 nitrogen and oxygen atoms in total. The third kappa shape index (κ3) is 3.03. The van der Waals surface area contributed by atoms with Crippen LogP contribution in [0.2, 0.25) is 0 Å². The number of hydrogen-bond acceptors (Lipinski definition) is 5. The highest BCUT2D eigenvalue weighted by Gasteiger charge is 2.20. The van der Waals surface area contributed by atoms with E-state index in [1.54, 1.807) is 10.8 Å². The lowest BCUT2D eigenvalue weighted by atomic mass is 10.0. The van der Waals surface area contributed by atoms with Gasteiger partial charge in [-0.2, -0.15) is 0 Å². The van der Waals surface area contributed by atoms with Gasteiger partial charge in [-0.05, 0) is 42.7 Å². The summed E-state index contributed by atoms with van der Waals surface area (Å²) in [5.41, 5.74) is 3.29. The molecule has 0 amide bonds. The molecule has 0 unspecified atom stereocenters. The topological polar surface area (TPSA) is 68.3 Å². The van der Waals surface area contributed by atoms with Crippen LogP contribution in [0.1, 0.15) is 24.7 Å². The van der Waals surface area contributed by atoms with Gasteiger partial charge in [-0.1, -0.05) is 24.3 Å². The van der Waals surface area contributed by atoms with E-state index >= 15 is 0 Å². The van der Waals surface area contributed by atoms with Crippen molar-refractivity contribution in [3.8, 4) is 0 Å². The maximum Gasteiger partial charge on any atom is 0.262 e. The van der Waals surface area contributed by atoms with Crippen molar-refractivity contribution in [3.63, 3.8) is 0 Å². The van der Waals surface area contributed by atoms with Crippen molar-refractivity contribution in [2.24, 2.45) is 0 Å². The van der Waals surface area contributed by atoms with Crippen LogP contribution in [-0.4, -0.2) is 42.1 Å². The molecule has 0 atom stereocenters. The maximum atomic E-state index is 12.8. The standard InChI is InChI=1S/C22H22N6O/c1-2-27-21(29)18-9-3-4-10-19(18)28-20(24-25-22(27)28)15-26-12-6-8-17(14-26)16-7-5-11-23-13-16/h3-5,7-11,13H,2,6,12,14-15H2,1H3. The average molecular weight is 386 g/mol. The summed E-state index contributed by atoms with van der Waals surface area (Å²) in [6.07, 6.45) is 6.99. The van der Waals surface area contributed by atoms with E-state index < -0.39 is 0 Å². The summed E-state index contributed by atoms with van der Waals surface area (Å²) < 4.78 is 3.72.